The zero-order valence-corrected chi connectivity index (χ0v) is 12.0. The van der Waals surface area contributed by atoms with Crippen molar-refractivity contribution in [2.24, 2.45) is 0 Å². The van der Waals surface area contributed by atoms with Crippen LogP contribution < -0.4 is 10.6 Å². The van der Waals surface area contributed by atoms with Crippen LogP contribution in [0, 0.1) is 0 Å². The lowest BCUT2D eigenvalue weighted by Crippen LogP contribution is -2.37. The Kier molecular flexibility index (Phi) is 6.84. The van der Waals surface area contributed by atoms with Gasteiger partial charge in [-0.2, -0.15) is 0 Å². The molecule has 4 nitrogen and oxygen atoms in total. The maximum Gasteiger partial charge on any atom is 0.253 e. The standard InChI is InChI=1S/C14H20N2O2.ClH/c1-2-15-8-9-16-14(17)13-12-6-4-3-5-11(12)7-10-18-13;/h3-6,13,15H,2,7-10H2,1H3,(H,16,17);1H. The fourth-order valence-corrected chi connectivity index (χ4v) is 2.15. The highest BCUT2D eigenvalue weighted by atomic mass is 35.5. The molecule has 1 unspecified atom stereocenters. The first-order chi connectivity index (χ1) is 8.83. The molecule has 106 valence electrons. The number of carbonyl (C=O) groups excluding carboxylic acids is 1. The van der Waals surface area contributed by atoms with Crippen molar-refractivity contribution in [1.29, 1.82) is 0 Å². The minimum atomic E-state index is -0.448. The number of fused-ring (bicyclic) bond motifs is 1. The van der Waals surface area contributed by atoms with Crippen LogP contribution in [0.2, 0.25) is 0 Å². The predicted octanol–water partition coefficient (Wildman–Crippen LogP) is 1.45. The Balaban J connectivity index is 0.00000180. The molecule has 0 aliphatic carbocycles. The Bertz CT molecular complexity index is 412. The average Bonchev–Trinajstić information content (AvgIpc) is 2.43. The molecule has 1 heterocycles. The molecule has 1 aliphatic rings. The van der Waals surface area contributed by atoms with Crippen LogP contribution in [0.3, 0.4) is 0 Å². The Morgan fingerprint density at radius 2 is 2.16 bits per heavy atom. The molecule has 19 heavy (non-hydrogen) atoms. The first kappa shape index (κ1) is 16.0. The van der Waals surface area contributed by atoms with E-state index in [4.69, 9.17) is 4.74 Å². The molecular weight excluding hydrogens is 264 g/mol. The molecule has 0 spiro atoms. The first-order valence-electron chi connectivity index (χ1n) is 6.50. The van der Waals surface area contributed by atoms with E-state index in [2.05, 4.69) is 16.7 Å². The molecule has 1 amide bonds. The van der Waals surface area contributed by atoms with Gasteiger partial charge in [0.15, 0.2) is 6.10 Å². The zero-order chi connectivity index (χ0) is 12.8. The number of rotatable bonds is 5. The van der Waals surface area contributed by atoms with E-state index in [1.807, 2.05) is 25.1 Å². The molecule has 0 radical (unpaired) electrons. The Morgan fingerprint density at radius 1 is 1.37 bits per heavy atom. The zero-order valence-electron chi connectivity index (χ0n) is 11.1. The average molecular weight is 285 g/mol. The van der Waals surface area contributed by atoms with Crippen molar-refractivity contribution in [3.63, 3.8) is 0 Å². The third-order valence-electron chi connectivity index (χ3n) is 3.08. The van der Waals surface area contributed by atoms with E-state index in [0.717, 1.165) is 25.1 Å². The Hall–Kier alpha value is -1.10. The molecule has 0 bridgehead atoms. The van der Waals surface area contributed by atoms with Gasteiger partial charge in [0.2, 0.25) is 0 Å². The largest absolute Gasteiger partial charge is 0.363 e. The molecule has 5 heteroatoms. The van der Waals surface area contributed by atoms with Crippen molar-refractivity contribution in [3.05, 3.63) is 35.4 Å². The molecular formula is C14H21ClN2O2. The summed E-state index contributed by atoms with van der Waals surface area (Å²) < 4.78 is 5.59. The van der Waals surface area contributed by atoms with Gasteiger partial charge in [-0.1, -0.05) is 31.2 Å². The summed E-state index contributed by atoms with van der Waals surface area (Å²) in [4.78, 5) is 12.1. The van der Waals surface area contributed by atoms with Gasteiger partial charge in [0.1, 0.15) is 0 Å². The number of hydrogen-bond donors (Lipinski definition) is 2. The summed E-state index contributed by atoms with van der Waals surface area (Å²) in [5, 5.41) is 6.07. The molecule has 0 saturated heterocycles. The summed E-state index contributed by atoms with van der Waals surface area (Å²) in [5.41, 5.74) is 2.22. The number of hydrogen-bond acceptors (Lipinski definition) is 3. The second kappa shape index (κ2) is 8.15. The van der Waals surface area contributed by atoms with E-state index in [9.17, 15) is 4.79 Å². The van der Waals surface area contributed by atoms with E-state index >= 15 is 0 Å². The summed E-state index contributed by atoms with van der Waals surface area (Å²) >= 11 is 0. The maximum atomic E-state index is 12.1. The lowest BCUT2D eigenvalue weighted by molar-refractivity contribution is -0.134. The minimum absolute atomic E-state index is 0. The smallest absolute Gasteiger partial charge is 0.253 e. The normalized spacial score (nSPS) is 17.2. The molecule has 1 aromatic carbocycles. The summed E-state index contributed by atoms with van der Waals surface area (Å²) in [6.45, 7) is 4.99. The van der Waals surface area contributed by atoms with Crippen molar-refractivity contribution in [3.8, 4) is 0 Å². The van der Waals surface area contributed by atoms with Crippen LogP contribution in [0.25, 0.3) is 0 Å². The van der Waals surface area contributed by atoms with E-state index in [0.29, 0.717) is 13.2 Å². The van der Waals surface area contributed by atoms with Gasteiger partial charge in [-0.05, 0) is 24.1 Å². The first-order valence-corrected chi connectivity index (χ1v) is 6.50. The monoisotopic (exact) mass is 284 g/mol. The van der Waals surface area contributed by atoms with Crippen LogP contribution in [-0.4, -0.2) is 32.1 Å². The summed E-state index contributed by atoms with van der Waals surface area (Å²) in [5.74, 6) is -0.0416. The van der Waals surface area contributed by atoms with E-state index in [-0.39, 0.29) is 18.3 Å². The highest BCUT2D eigenvalue weighted by Gasteiger charge is 2.26. The van der Waals surface area contributed by atoms with Gasteiger partial charge in [0.25, 0.3) is 5.91 Å². The highest BCUT2D eigenvalue weighted by Crippen LogP contribution is 2.26. The van der Waals surface area contributed by atoms with Gasteiger partial charge in [-0.15, -0.1) is 12.4 Å². The molecule has 2 rings (SSSR count). The van der Waals surface area contributed by atoms with E-state index in [1.54, 1.807) is 0 Å². The third-order valence-corrected chi connectivity index (χ3v) is 3.08. The van der Waals surface area contributed by atoms with Crippen molar-refractivity contribution < 1.29 is 9.53 Å². The van der Waals surface area contributed by atoms with Gasteiger partial charge >= 0.3 is 0 Å². The van der Waals surface area contributed by atoms with Crippen LogP contribution in [0.5, 0.6) is 0 Å². The van der Waals surface area contributed by atoms with Crippen LogP contribution in [0.15, 0.2) is 24.3 Å². The van der Waals surface area contributed by atoms with Crippen LogP contribution >= 0.6 is 12.4 Å². The maximum absolute atomic E-state index is 12.1. The van der Waals surface area contributed by atoms with Crippen LogP contribution in [0.4, 0.5) is 0 Å². The number of ether oxygens (including phenoxy) is 1. The van der Waals surface area contributed by atoms with Crippen molar-refractivity contribution >= 4 is 18.3 Å². The van der Waals surface area contributed by atoms with Crippen LogP contribution in [-0.2, 0) is 16.0 Å². The Labute approximate surface area is 120 Å². The fourth-order valence-electron chi connectivity index (χ4n) is 2.15. The van der Waals surface area contributed by atoms with Gasteiger partial charge in [-0.25, -0.2) is 0 Å². The number of halogens is 1. The molecule has 0 fully saturated rings. The number of likely N-dealkylation sites (N-methyl/N-ethyl adjacent to an activating group) is 1. The van der Waals surface area contributed by atoms with Gasteiger partial charge < -0.3 is 15.4 Å². The molecule has 0 aromatic heterocycles. The summed E-state index contributed by atoms with van der Waals surface area (Å²) in [7, 11) is 0. The van der Waals surface area contributed by atoms with Crippen molar-refractivity contribution in [2.45, 2.75) is 19.4 Å². The summed E-state index contributed by atoms with van der Waals surface area (Å²) in [6.07, 6.45) is 0.439. The molecule has 1 aromatic rings. The second-order valence-electron chi connectivity index (χ2n) is 4.34. The Morgan fingerprint density at radius 3 is 2.95 bits per heavy atom. The highest BCUT2D eigenvalue weighted by molar-refractivity contribution is 5.85. The predicted molar refractivity (Wildman–Crippen MR) is 77.6 cm³/mol. The van der Waals surface area contributed by atoms with Crippen molar-refractivity contribution in [1.82, 2.24) is 10.6 Å². The summed E-state index contributed by atoms with van der Waals surface area (Å²) in [6, 6.07) is 8.00. The van der Waals surface area contributed by atoms with Crippen LogP contribution in [0.1, 0.15) is 24.2 Å². The third kappa shape index (κ3) is 4.20. The second-order valence-corrected chi connectivity index (χ2v) is 4.34. The topological polar surface area (TPSA) is 50.4 Å². The van der Waals surface area contributed by atoms with Gasteiger partial charge in [0.05, 0.1) is 6.61 Å². The molecule has 1 atom stereocenters. The van der Waals surface area contributed by atoms with Gasteiger partial charge in [0, 0.05) is 13.1 Å². The van der Waals surface area contributed by atoms with E-state index in [1.165, 1.54) is 5.56 Å². The molecule has 1 aliphatic heterocycles. The lowest BCUT2D eigenvalue weighted by atomic mass is 9.97. The SMILES string of the molecule is CCNCCNC(=O)C1OCCc2ccccc21.Cl. The number of amides is 1. The quantitative estimate of drug-likeness (QED) is 0.805. The van der Waals surface area contributed by atoms with Crippen molar-refractivity contribution in [2.75, 3.05) is 26.2 Å². The minimum Gasteiger partial charge on any atom is -0.363 e. The lowest BCUT2D eigenvalue weighted by Gasteiger charge is -2.25. The molecule has 0 saturated carbocycles. The molecule has 2 N–H and O–H groups in total. The number of carbonyl (C=O) groups is 1. The number of benzene rings is 1. The number of nitrogens with one attached hydrogen (secondary N) is 2. The van der Waals surface area contributed by atoms with E-state index < -0.39 is 6.10 Å². The van der Waals surface area contributed by atoms with Gasteiger partial charge in [-0.3, -0.25) is 4.79 Å². The fraction of sp³-hybridized carbons (Fsp3) is 0.500.